The molecule has 0 bridgehead atoms. The molecule has 0 spiro atoms. The highest BCUT2D eigenvalue weighted by Crippen LogP contribution is 2.19. The number of amides is 1. The molecule has 128 valence electrons. The molecule has 0 saturated heterocycles. The van der Waals surface area contributed by atoms with E-state index in [1.165, 1.54) is 0 Å². The van der Waals surface area contributed by atoms with E-state index < -0.39 is 0 Å². The van der Waals surface area contributed by atoms with E-state index in [0.717, 1.165) is 23.3 Å². The third kappa shape index (κ3) is 5.10. The van der Waals surface area contributed by atoms with Crippen molar-refractivity contribution in [3.05, 3.63) is 65.7 Å². The van der Waals surface area contributed by atoms with E-state index in [-0.39, 0.29) is 17.9 Å². The number of hydrogen-bond acceptors (Lipinski definition) is 3. The molecule has 0 aliphatic rings. The second-order valence-electron chi connectivity index (χ2n) is 5.94. The molecule has 4 heteroatoms. The van der Waals surface area contributed by atoms with Crippen molar-refractivity contribution in [2.75, 3.05) is 6.61 Å². The van der Waals surface area contributed by atoms with Crippen molar-refractivity contribution in [2.24, 2.45) is 11.7 Å². The van der Waals surface area contributed by atoms with Crippen LogP contribution in [0.5, 0.6) is 5.75 Å². The zero-order chi connectivity index (χ0) is 17.4. The molecule has 4 nitrogen and oxygen atoms in total. The van der Waals surface area contributed by atoms with Gasteiger partial charge in [0.1, 0.15) is 5.75 Å². The Morgan fingerprint density at radius 2 is 1.79 bits per heavy atom. The van der Waals surface area contributed by atoms with Crippen molar-refractivity contribution in [2.45, 2.75) is 32.9 Å². The lowest BCUT2D eigenvalue weighted by Gasteiger charge is -2.20. The van der Waals surface area contributed by atoms with Gasteiger partial charge in [0, 0.05) is 12.6 Å². The molecule has 2 aromatic carbocycles. The van der Waals surface area contributed by atoms with Crippen molar-refractivity contribution in [1.82, 2.24) is 5.32 Å². The Morgan fingerprint density at radius 1 is 1.12 bits per heavy atom. The van der Waals surface area contributed by atoms with Crippen LogP contribution in [-0.4, -0.2) is 12.5 Å². The van der Waals surface area contributed by atoms with Crippen LogP contribution in [0.2, 0.25) is 0 Å². The Kier molecular flexibility index (Phi) is 6.82. The Morgan fingerprint density at radius 3 is 2.42 bits per heavy atom. The molecule has 0 aliphatic carbocycles. The maximum Gasteiger partial charge on any atom is 0.225 e. The number of nitrogens with two attached hydrogens (primary N) is 1. The summed E-state index contributed by atoms with van der Waals surface area (Å²) in [7, 11) is 0. The van der Waals surface area contributed by atoms with Gasteiger partial charge in [-0.15, -0.1) is 0 Å². The predicted octanol–water partition coefficient (Wildman–Crippen LogP) is 3.43. The Balaban J connectivity index is 1.85. The van der Waals surface area contributed by atoms with E-state index in [1.54, 1.807) is 0 Å². The predicted molar refractivity (Wildman–Crippen MR) is 96.6 cm³/mol. The van der Waals surface area contributed by atoms with Crippen LogP contribution in [0.1, 0.15) is 37.4 Å². The third-order valence-corrected chi connectivity index (χ3v) is 4.00. The molecule has 0 aromatic heterocycles. The van der Waals surface area contributed by atoms with Crippen LogP contribution in [0, 0.1) is 5.92 Å². The summed E-state index contributed by atoms with van der Waals surface area (Å²) in [6.45, 7) is 5.13. The number of benzene rings is 2. The Hall–Kier alpha value is -2.33. The highest BCUT2D eigenvalue weighted by atomic mass is 16.5. The zero-order valence-electron chi connectivity index (χ0n) is 14.4. The SMILES string of the molecule is CCCOc1ccc(CNC(=O)C(C)C(N)c2ccccc2)cc1. The summed E-state index contributed by atoms with van der Waals surface area (Å²) in [6, 6.07) is 17.2. The van der Waals surface area contributed by atoms with E-state index in [1.807, 2.05) is 61.5 Å². The van der Waals surface area contributed by atoms with Crippen LogP contribution in [-0.2, 0) is 11.3 Å². The van der Waals surface area contributed by atoms with E-state index >= 15 is 0 Å². The lowest BCUT2D eigenvalue weighted by Crippen LogP contribution is -2.35. The number of nitrogens with one attached hydrogen (secondary N) is 1. The van der Waals surface area contributed by atoms with Gasteiger partial charge in [-0.25, -0.2) is 0 Å². The highest BCUT2D eigenvalue weighted by Gasteiger charge is 2.21. The van der Waals surface area contributed by atoms with Crippen LogP contribution in [0.4, 0.5) is 0 Å². The lowest BCUT2D eigenvalue weighted by atomic mass is 9.94. The van der Waals surface area contributed by atoms with Gasteiger partial charge in [-0.2, -0.15) is 0 Å². The van der Waals surface area contributed by atoms with Crippen molar-refractivity contribution in [1.29, 1.82) is 0 Å². The largest absolute Gasteiger partial charge is 0.494 e. The molecule has 0 fully saturated rings. The van der Waals surface area contributed by atoms with Crippen LogP contribution < -0.4 is 15.8 Å². The molecule has 0 heterocycles. The minimum absolute atomic E-state index is 0.0438. The Bertz CT molecular complexity index is 626. The van der Waals surface area contributed by atoms with Crippen LogP contribution in [0.25, 0.3) is 0 Å². The van der Waals surface area contributed by atoms with Crippen molar-refractivity contribution >= 4 is 5.91 Å². The van der Waals surface area contributed by atoms with Gasteiger partial charge in [0.25, 0.3) is 0 Å². The molecule has 0 aliphatic heterocycles. The first-order valence-electron chi connectivity index (χ1n) is 8.41. The molecule has 0 saturated carbocycles. The summed E-state index contributed by atoms with van der Waals surface area (Å²) >= 11 is 0. The third-order valence-electron chi connectivity index (χ3n) is 4.00. The minimum atomic E-state index is -0.309. The van der Waals surface area contributed by atoms with Gasteiger partial charge in [0.2, 0.25) is 5.91 Å². The van der Waals surface area contributed by atoms with Gasteiger partial charge in [-0.05, 0) is 29.7 Å². The molecular formula is C20H26N2O2. The highest BCUT2D eigenvalue weighted by molar-refractivity contribution is 5.79. The molecule has 2 rings (SSSR count). The second kappa shape index (κ2) is 9.08. The fraction of sp³-hybridized carbons (Fsp3) is 0.350. The summed E-state index contributed by atoms with van der Waals surface area (Å²) in [5.41, 5.74) is 8.20. The topological polar surface area (TPSA) is 64.3 Å². The second-order valence-corrected chi connectivity index (χ2v) is 5.94. The molecule has 2 atom stereocenters. The zero-order valence-corrected chi connectivity index (χ0v) is 14.4. The van der Waals surface area contributed by atoms with Crippen LogP contribution >= 0.6 is 0 Å². The van der Waals surface area contributed by atoms with Gasteiger partial charge in [-0.3, -0.25) is 4.79 Å². The van der Waals surface area contributed by atoms with Gasteiger partial charge in [0.05, 0.1) is 12.5 Å². The van der Waals surface area contributed by atoms with Crippen molar-refractivity contribution < 1.29 is 9.53 Å². The van der Waals surface area contributed by atoms with Gasteiger partial charge in [0.15, 0.2) is 0 Å². The normalized spacial score (nSPS) is 13.1. The number of carbonyl (C=O) groups is 1. The molecule has 0 radical (unpaired) electrons. The van der Waals surface area contributed by atoms with Gasteiger partial charge in [-0.1, -0.05) is 56.3 Å². The number of hydrogen-bond donors (Lipinski definition) is 2. The summed E-state index contributed by atoms with van der Waals surface area (Å²) in [4.78, 5) is 12.3. The fourth-order valence-electron chi connectivity index (χ4n) is 2.40. The summed E-state index contributed by atoms with van der Waals surface area (Å²) in [5.74, 6) is 0.517. The standard InChI is InChI=1S/C20H26N2O2/c1-3-13-24-18-11-9-16(10-12-18)14-22-20(23)15(2)19(21)17-7-5-4-6-8-17/h4-12,15,19H,3,13-14,21H2,1-2H3,(H,22,23). The monoisotopic (exact) mass is 326 g/mol. The molecule has 3 N–H and O–H groups in total. The lowest BCUT2D eigenvalue weighted by molar-refractivity contribution is -0.125. The molecule has 2 aromatic rings. The average Bonchev–Trinajstić information content (AvgIpc) is 2.64. The smallest absolute Gasteiger partial charge is 0.225 e. The van der Waals surface area contributed by atoms with Crippen molar-refractivity contribution in [3.63, 3.8) is 0 Å². The maximum atomic E-state index is 12.3. The van der Waals surface area contributed by atoms with Gasteiger partial charge < -0.3 is 15.8 Å². The molecule has 24 heavy (non-hydrogen) atoms. The first-order valence-corrected chi connectivity index (χ1v) is 8.41. The van der Waals surface area contributed by atoms with Crippen molar-refractivity contribution in [3.8, 4) is 5.75 Å². The van der Waals surface area contributed by atoms with Crippen LogP contribution in [0.3, 0.4) is 0 Å². The summed E-state index contributed by atoms with van der Waals surface area (Å²) in [6.07, 6.45) is 0.983. The van der Waals surface area contributed by atoms with Gasteiger partial charge >= 0.3 is 0 Å². The van der Waals surface area contributed by atoms with E-state index in [9.17, 15) is 4.79 Å². The molecule has 1 amide bonds. The minimum Gasteiger partial charge on any atom is -0.494 e. The van der Waals surface area contributed by atoms with E-state index in [4.69, 9.17) is 10.5 Å². The van der Waals surface area contributed by atoms with E-state index in [0.29, 0.717) is 13.2 Å². The molecule has 2 unspecified atom stereocenters. The number of carbonyl (C=O) groups excluding carboxylic acids is 1. The first-order chi connectivity index (χ1) is 11.6. The fourth-order valence-corrected chi connectivity index (χ4v) is 2.40. The summed E-state index contributed by atoms with van der Waals surface area (Å²) < 4.78 is 5.55. The molecular weight excluding hydrogens is 300 g/mol. The Labute approximate surface area is 144 Å². The maximum absolute atomic E-state index is 12.3. The van der Waals surface area contributed by atoms with Crippen LogP contribution in [0.15, 0.2) is 54.6 Å². The quantitative estimate of drug-likeness (QED) is 0.781. The average molecular weight is 326 g/mol. The summed E-state index contributed by atoms with van der Waals surface area (Å²) in [5, 5.41) is 2.95. The van der Waals surface area contributed by atoms with E-state index in [2.05, 4.69) is 12.2 Å². The number of ether oxygens (including phenoxy) is 1. The number of rotatable bonds is 8. The first kappa shape index (κ1) is 18.0.